The Morgan fingerprint density at radius 2 is 2.05 bits per heavy atom. The molecule has 114 valence electrons. The third-order valence-corrected chi connectivity index (χ3v) is 4.50. The summed E-state index contributed by atoms with van der Waals surface area (Å²) in [5, 5.41) is 11.3. The fourth-order valence-corrected chi connectivity index (χ4v) is 2.96. The number of carbonyl (C=O) groups is 3. The minimum atomic E-state index is -1.27. The van der Waals surface area contributed by atoms with Gasteiger partial charge in [-0.1, -0.05) is 13.8 Å². The molecule has 20 heavy (non-hydrogen) atoms. The van der Waals surface area contributed by atoms with Crippen molar-refractivity contribution in [3.63, 3.8) is 0 Å². The molecular formula is C12H21N3O4S. The number of thioether (sulfide) groups is 1. The number of carbonyl (C=O) groups excluding carboxylic acids is 2. The van der Waals surface area contributed by atoms with Crippen LogP contribution >= 0.6 is 11.8 Å². The van der Waals surface area contributed by atoms with Gasteiger partial charge in [0.05, 0.1) is 6.42 Å². The van der Waals surface area contributed by atoms with Gasteiger partial charge in [-0.25, -0.2) is 9.59 Å². The number of nitrogens with two attached hydrogens (primary N) is 1. The van der Waals surface area contributed by atoms with Crippen molar-refractivity contribution in [3.05, 3.63) is 0 Å². The molecule has 0 bridgehead atoms. The molecule has 0 unspecified atom stereocenters. The lowest BCUT2D eigenvalue weighted by atomic mass is 10.1. The third-order valence-electron chi connectivity index (χ3n) is 3.13. The van der Waals surface area contributed by atoms with Crippen LogP contribution in [0.1, 0.15) is 26.7 Å². The second-order valence-electron chi connectivity index (χ2n) is 5.36. The molecule has 0 spiro atoms. The van der Waals surface area contributed by atoms with E-state index < -0.39 is 30.4 Å². The summed E-state index contributed by atoms with van der Waals surface area (Å²) in [6, 6.07) is -1.74. The van der Waals surface area contributed by atoms with E-state index in [9.17, 15) is 14.4 Å². The predicted octanol–water partition coefficient (Wildman–Crippen LogP) is 0.242. The van der Waals surface area contributed by atoms with Crippen molar-refractivity contribution in [2.75, 3.05) is 18.8 Å². The lowest BCUT2D eigenvalue weighted by Crippen LogP contribution is -2.49. The highest BCUT2D eigenvalue weighted by Gasteiger charge is 2.28. The predicted molar refractivity (Wildman–Crippen MR) is 76.5 cm³/mol. The van der Waals surface area contributed by atoms with Gasteiger partial charge < -0.3 is 21.1 Å². The first-order valence-corrected chi connectivity index (χ1v) is 7.40. The molecule has 1 rings (SSSR count). The van der Waals surface area contributed by atoms with Gasteiger partial charge in [0.2, 0.25) is 5.91 Å². The van der Waals surface area contributed by atoms with E-state index in [0.717, 1.165) is 12.2 Å². The number of hydrogen-bond acceptors (Lipinski definition) is 4. The van der Waals surface area contributed by atoms with Gasteiger partial charge in [0.15, 0.2) is 0 Å². The van der Waals surface area contributed by atoms with Gasteiger partial charge in [-0.15, -0.1) is 0 Å². The molecule has 4 N–H and O–H groups in total. The Balaban J connectivity index is 2.60. The molecule has 0 aliphatic carbocycles. The lowest BCUT2D eigenvalue weighted by Gasteiger charge is -2.24. The van der Waals surface area contributed by atoms with E-state index in [2.05, 4.69) is 19.2 Å². The van der Waals surface area contributed by atoms with Crippen molar-refractivity contribution in [1.29, 1.82) is 0 Å². The van der Waals surface area contributed by atoms with Crippen LogP contribution in [0, 0.1) is 0 Å². The Morgan fingerprint density at radius 3 is 2.60 bits per heavy atom. The fraction of sp³-hybridized carbons (Fsp3) is 0.750. The van der Waals surface area contributed by atoms with Gasteiger partial charge >= 0.3 is 12.0 Å². The molecule has 0 aromatic rings. The third kappa shape index (κ3) is 5.28. The van der Waals surface area contributed by atoms with E-state index in [0.29, 0.717) is 13.1 Å². The van der Waals surface area contributed by atoms with Crippen molar-refractivity contribution in [2.24, 2.45) is 5.73 Å². The van der Waals surface area contributed by atoms with Gasteiger partial charge in [-0.2, -0.15) is 11.8 Å². The number of carboxylic acids is 1. The highest BCUT2D eigenvalue weighted by molar-refractivity contribution is 8.00. The van der Waals surface area contributed by atoms with Crippen LogP contribution in [0.25, 0.3) is 0 Å². The van der Waals surface area contributed by atoms with Gasteiger partial charge in [0, 0.05) is 23.6 Å². The smallest absolute Gasteiger partial charge is 0.326 e. The van der Waals surface area contributed by atoms with Crippen LogP contribution in [0.3, 0.4) is 0 Å². The molecule has 7 nitrogen and oxygen atoms in total. The van der Waals surface area contributed by atoms with Crippen LogP contribution < -0.4 is 11.1 Å². The average Bonchev–Trinajstić information content (AvgIpc) is 2.48. The maximum atomic E-state index is 12.0. The number of aliphatic carboxylic acids is 1. The second kappa shape index (κ2) is 6.83. The van der Waals surface area contributed by atoms with Crippen molar-refractivity contribution in [3.8, 4) is 0 Å². The Bertz CT molecular complexity index is 400. The summed E-state index contributed by atoms with van der Waals surface area (Å²) in [5.41, 5.74) is 4.98. The normalized spacial score (nSPS) is 19.8. The Hall–Kier alpha value is -1.44. The van der Waals surface area contributed by atoms with Crippen LogP contribution in [0.2, 0.25) is 0 Å². The largest absolute Gasteiger partial charge is 0.480 e. The fourth-order valence-electron chi connectivity index (χ4n) is 1.86. The number of nitrogens with one attached hydrogen (secondary N) is 1. The molecule has 3 amide bonds. The minimum Gasteiger partial charge on any atom is -0.480 e. The average molecular weight is 303 g/mol. The summed E-state index contributed by atoms with van der Waals surface area (Å²) in [7, 11) is 0. The van der Waals surface area contributed by atoms with E-state index in [1.54, 1.807) is 16.7 Å². The number of carboxylic acid groups (broad SMARTS) is 1. The first kappa shape index (κ1) is 16.6. The van der Waals surface area contributed by atoms with Crippen LogP contribution in [0.4, 0.5) is 4.79 Å². The zero-order valence-corrected chi connectivity index (χ0v) is 12.5. The summed E-state index contributed by atoms with van der Waals surface area (Å²) in [4.78, 5) is 35.4. The molecule has 1 saturated heterocycles. The Morgan fingerprint density at radius 1 is 1.40 bits per heavy atom. The quantitative estimate of drug-likeness (QED) is 0.688. The lowest BCUT2D eigenvalue weighted by molar-refractivity contribution is -0.140. The number of rotatable bonds is 4. The summed E-state index contributed by atoms with van der Waals surface area (Å²) < 4.78 is 0.106. The standard InChI is InChI=1S/C12H21N3O4S/c1-12(2)3-4-15(5-6-20-12)11(19)14-8(10(17)18)7-9(13)16/h8H,3-7H2,1-2H3,(H2,13,16)(H,14,19)(H,17,18)/t8-/m1/s1. The monoisotopic (exact) mass is 303 g/mol. The zero-order valence-electron chi connectivity index (χ0n) is 11.7. The van der Waals surface area contributed by atoms with Crippen LogP contribution in [-0.4, -0.2) is 57.5 Å². The molecule has 1 heterocycles. The van der Waals surface area contributed by atoms with E-state index >= 15 is 0 Å². The topological polar surface area (TPSA) is 113 Å². The summed E-state index contributed by atoms with van der Waals surface area (Å²) in [6.07, 6.45) is 0.424. The maximum absolute atomic E-state index is 12.0. The summed E-state index contributed by atoms with van der Waals surface area (Å²) in [5.74, 6) is -1.22. The van der Waals surface area contributed by atoms with Crippen LogP contribution in [-0.2, 0) is 9.59 Å². The molecule has 0 aromatic carbocycles. The van der Waals surface area contributed by atoms with Gasteiger partial charge in [-0.3, -0.25) is 4.79 Å². The molecular weight excluding hydrogens is 282 g/mol. The highest BCUT2D eigenvalue weighted by atomic mass is 32.2. The SMILES string of the molecule is CC1(C)CCN(C(=O)N[C@H](CC(N)=O)C(=O)O)CCS1. The zero-order chi connectivity index (χ0) is 15.3. The van der Waals surface area contributed by atoms with Gasteiger partial charge in [-0.05, 0) is 6.42 Å². The summed E-state index contributed by atoms with van der Waals surface area (Å²) in [6.45, 7) is 5.36. The molecule has 1 atom stereocenters. The molecule has 1 aliphatic heterocycles. The maximum Gasteiger partial charge on any atom is 0.326 e. The van der Waals surface area contributed by atoms with Gasteiger partial charge in [0.25, 0.3) is 0 Å². The highest BCUT2D eigenvalue weighted by Crippen LogP contribution is 2.30. The number of primary amides is 1. The van der Waals surface area contributed by atoms with Crippen molar-refractivity contribution < 1.29 is 19.5 Å². The molecule has 1 fully saturated rings. The summed E-state index contributed by atoms with van der Waals surface area (Å²) >= 11 is 1.79. The molecule has 0 saturated carbocycles. The number of urea groups is 1. The number of nitrogens with zero attached hydrogens (tertiary/aromatic N) is 1. The van der Waals surface area contributed by atoms with Crippen molar-refractivity contribution >= 4 is 29.7 Å². The van der Waals surface area contributed by atoms with E-state index in [1.807, 2.05) is 0 Å². The van der Waals surface area contributed by atoms with E-state index in [-0.39, 0.29) is 4.75 Å². The first-order chi connectivity index (χ1) is 9.21. The van der Waals surface area contributed by atoms with Crippen LogP contribution in [0.5, 0.6) is 0 Å². The number of hydrogen-bond donors (Lipinski definition) is 3. The Kier molecular flexibility index (Phi) is 5.67. The minimum absolute atomic E-state index is 0.106. The van der Waals surface area contributed by atoms with Crippen LogP contribution in [0.15, 0.2) is 0 Å². The Labute approximate surface area is 122 Å². The second-order valence-corrected chi connectivity index (χ2v) is 7.16. The first-order valence-electron chi connectivity index (χ1n) is 6.42. The molecule has 0 aromatic heterocycles. The van der Waals surface area contributed by atoms with Crippen molar-refractivity contribution in [1.82, 2.24) is 10.2 Å². The van der Waals surface area contributed by atoms with E-state index in [4.69, 9.17) is 10.8 Å². The number of amides is 3. The molecule has 8 heteroatoms. The van der Waals surface area contributed by atoms with Gasteiger partial charge in [0.1, 0.15) is 6.04 Å². The molecule has 1 aliphatic rings. The molecule has 0 radical (unpaired) electrons. The van der Waals surface area contributed by atoms with Crippen molar-refractivity contribution in [2.45, 2.75) is 37.5 Å². The van der Waals surface area contributed by atoms with E-state index in [1.165, 1.54) is 0 Å².